The molecule has 3 rings (SSSR count). The lowest BCUT2D eigenvalue weighted by atomic mass is 10.0. The molecule has 1 saturated heterocycles. The molecule has 1 fully saturated rings. The molecule has 0 radical (unpaired) electrons. The third kappa shape index (κ3) is 8.72. The molecule has 0 aromatic heterocycles. The normalized spacial score (nSPS) is 17.7. The number of ether oxygens (including phenoxy) is 3. The molecule has 1 aliphatic heterocycles. The number of nitrogens with one attached hydrogen (secondary N) is 1. The molecule has 0 bridgehead atoms. The van der Waals surface area contributed by atoms with E-state index < -0.39 is 12.1 Å². The lowest BCUT2D eigenvalue weighted by molar-refractivity contribution is -0.123. The lowest BCUT2D eigenvalue weighted by Gasteiger charge is -2.29. The number of nitrogens with zero attached hydrogens (tertiary/aromatic N) is 1. The topological polar surface area (TPSA) is 100 Å². The number of carbonyl (C=O) groups excluding carboxylic acids is 1. The Morgan fingerprint density at radius 1 is 1.09 bits per heavy atom. The van der Waals surface area contributed by atoms with E-state index in [1.54, 1.807) is 7.11 Å². The molecule has 1 aliphatic rings. The van der Waals surface area contributed by atoms with Crippen LogP contribution >= 0.6 is 0 Å². The van der Waals surface area contributed by atoms with Crippen molar-refractivity contribution in [3.8, 4) is 17.2 Å². The molecule has 8 nitrogen and oxygen atoms in total. The predicted molar refractivity (Wildman–Crippen MR) is 134 cm³/mol. The van der Waals surface area contributed by atoms with E-state index in [1.165, 1.54) is 0 Å². The summed E-state index contributed by atoms with van der Waals surface area (Å²) in [5.74, 6) is 2.06. The van der Waals surface area contributed by atoms with Gasteiger partial charge >= 0.3 is 0 Å². The summed E-state index contributed by atoms with van der Waals surface area (Å²) in [5.41, 5.74) is 0.703. The van der Waals surface area contributed by atoms with E-state index in [1.807, 2.05) is 62.4 Å². The molecule has 0 saturated carbocycles. The zero-order valence-electron chi connectivity index (χ0n) is 20.9. The molecule has 2 aromatic rings. The van der Waals surface area contributed by atoms with Crippen LogP contribution in [0.4, 0.5) is 0 Å². The Balaban J connectivity index is 1.54. The van der Waals surface area contributed by atoms with Gasteiger partial charge in [0.05, 0.1) is 32.0 Å². The summed E-state index contributed by atoms with van der Waals surface area (Å²) in [7, 11) is 1.61. The van der Waals surface area contributed by atoms with Crippen molar-refractivity contribution in [3.05, 3.63) is 54.1 Å². The Morgan fingerprint density at radius 3 is 2.34 bits per heavy atom. The molecule has 0 spiro atoms. The van der Waals surface area contributed by atoms with Crippen LogP contribution in [0.3, 0.4) is 0 Å². The average molecular weight is 487 g/mol. The smallest absolute Gasteiger partial charge is 0.220 e. The van der Waals surface area contributed by atoms with Crippen molar-refractivity contribution in [2.75, 3.05) is 33.4 Å². The van der Waals surface area contributed by atoms with E-state index in [9.17, 15) is 15.0 Å². The predicted octanol–water partition coefficient (Wildman–Crippen LogP) is 2.93. The standard InChI is InChI=1S/C27H38N2O6/c1-19(2)35-24-8-6-20(7-9-24)27(32)25(18-29-15-14-21(30)17-29)28-26(31)5-4-16-34-23-12-10-22(33-3)11-13-23/h6-13,19,21,25,27,30,32H,4-5,14-18H2,1-3H3,(H,28,31)/t21-,25+,27+/m0/s1. The summed E-state index contributed by atoms with van der Waals surface area (Å²) < 4.78 is 16.5. The van der Waals surface area contributed by atoms with Crippen LogP contribution in [0, 0.1) is 0 Å². The first-order chi connectivity index (χ1) is 16.8. The minimum atomic E-state index is -0.889. The lowest BCUT2D eigenvalue weighted by Crippen LogP contribution is -2.47. The van der Waals surface area contributed by atoms with E-state index in [0.29, 0.717) is 38.1 Å². The molecule has 3 atom stereocenters. The minimum absolute atomic E-state index is 0.0631. The third-order valence-corrected chi connectivity index (χ3v) is 5.90. The van der Waals surface area contributed by atoms with Gasteiger partial charge in [0.1, 0.15) is 23.4 Å². The second kappa shape index (κ2) is 13.3. The first-order valence-electron chi connectivity index (χ1n) is 12.3. The molecule has 3 N–H and O–H groups in total. The number of likely N-dealkylation sites (tertiary alicyclic amines) is 1. The molecule has 0 unspecified atom stereocenters. The number of amides is 1. The maximum atomic E-state index is 12.7. The minimum Gasteiger partial charge on any atom is -0.497 e. The van der Waals surface area contributed by atoms with E-state index in [-0.39, 0.29) is 24.5 Å². The quantitative estimate of drug-likeness (QED) is 0.374. The molecule has 1 heterocycles. The van der Waals surface area contributed by atoms with Crippen molar-refractivity contribution in [2.45, 2.75) is 57.5 Å². The van der Waals surface area contributed by atoms with Crippen molar-refractivity contribution in [1.82, 2.24) is 10.2 Å². The Hall–Kier alpha value is -2.81. The summed E-state index contributed by atoms with van der Waals surface area (Å²) >= 11 is 0. The molecular formula is C27H38N2O6. The Bertz CT molecular complexity index is 903. The largest absolute Gasteiger partial charge is 0.497 e. The third-order valence-electron chi connectivity index (χ3n) is 5.90. The van der Waals surface area contributed by atoms with Crippen LogP contribution in [0.2, 0.25) is 0 Å². The fourth-order valence-electron chi connectivity index (χ4n) is 4.10. The molecule has 2 aromatic carbocycles. The highest BCUT2D eigenvalue weighted by Gasteiger charge is 2.29. The highest BCUT2D eigenvalue weighted by atomic mass is 16.5. The van der Waals surface area contributed by atoms with Gasteiger partial charge in [-0.25, -0.2) is 0 Å². The molecule has 0 aliphatic carbocycles. The van der Waals surface area contributed by atoms with Crippen LogP contribution in [-0.2, 0) is 4.79 Å². The van der Waals surface area contributed by atoms with Gasteiger partial charge in [0, 0.05) is 26.1 Å². The van der Waals surface area contributed by atoms with Crippen LogP contribution in [0.5, 0.6) is 17.2 Å². The zero-order chi connectivity index (χ0) is 25.2. The van der Waals surface area contributed by atoms with Gasteiger partial charge in [-0.05, 0) is 68.7 Å². The number of rotatable bonds is 13. The number of aliphatic hydroxyl groups is 2. The molecule has 192 valence electrons. The highest BCUT2D eigenvalue weighted by Crippen LogP contribution is 2.23. The number of aliphatic hydroxyl groups excluding tert-OH is 2. The van der Waals surface area contributed by atoms with Crippen LogP contribution in [0.25, 0.3) is 0 Å². The van der Waals surface area contributed by atoms with Crippen LogP contribution < -0.4 is 19.5 Å². The van der Waals surface area contributed by atoms with E-state index in [0.717, 1.165) is 23.8 Å². The fraction of sp³-hybridized carbons (Fsp3) is 0.519. The maximum absolute atomic E-state index is 12.7. The number of hydrogen-bond donors (Lipinski definition) is 3. The van der Waals surface area contributed by atoms with Crippen molar-refractivity contribution >= 4 is 5.91 Å². The number of hydrogen-bond acceptors (Lipinski definition) is 7. The second-order valence-electron chi connectivity index (χ2n) is 9.18. The van der Waals surface area contributed by atoms with E-state index >= 15 is 0 Å². The zero-order valence-corrected chi connectivity index (χ0v) is 20.9. The van der Waals surface area contributed by atoms with Crippen molar-refractivity contribution in [1.29, 1.82) is 0 Å². The summed E-state index contributed by atoms with van der Waals surface area (Å²) in [6.07, 6.45) is 0.327. The van der Waals surface area contributed by atoms with Crippen molar-refractivity contribution in [2.24, 2.45) is 0 Å². The van der Waals surface area contributed by atoms with Crippen LogP contribution in [0.1, 0.15) is 44.8 Å². The first kappa shape index (κ1) is 26.8. The summed E-state index contributed by atoms with van der Waals surface area (Å²) in [6.45, 7) is 6.05. The summed E-state index contributed by atoms with van der Waals surface area (Å²) in [5, 5.41) is 24.0. The Morgan fingerprint density at radius 2 is 1.74 bits per heavy atom. The SMILES string of the molecule is COc1ccc(OCCCC(=O)N[C@H](CN2CC[C@H](O)C2)[C@H](O)c2ccc(OC(C)C)cc2)cc1. The number of carbonyl (C=O) groups is 1. The number of β-amino-alcohol motifs (C(OH)–C–C–N with tert-alkyl or cyclic N) is 1. The fourth-order valence-corrected chi connectivity index (χ4v) is 4.10. The molecule has 1 amide bonds. The van der Waals surface area contributed by atoms with Gasteiger partial charge in [-0.2, -0.15) is 0 Å². The van der Waals surface area contributed by atoms with E-state index in [4.69, 9.17) is 14.2 Å². The second-order valence-corrected chi connectivity index (χ2v) is 9.18. The van der Waals surface area contributed by atoms with Crippen LogP contribution in [0.15, 0.2) is 48.5 Å². The van der Waals surface area contributed by atoms with Gasteiger partial charge in [-0.1, -0.05) is 12.1 Å². The van der Waals surface area contributed by atoms with Gasteiger partial charge < -0.3 is 29.7 Å². The van der Waals surface area contributed by atoms with Gasteiger partial charge in [-0.3, -0.25) is 9.69 Å². The van der Waals surface area contributed by atoms with Crippen molar-refractivity contribution in [3.63, 3.8) is 0 Å². The van der Waals surface area contributed by atoms with E-state index in [2.05, 4.69) is 10.2 Å². The maximum Gasteiger partial charge on any atom is 0.220 e. The Kier molecular flexibility index (Phi) is 10.2. The van der Waals surface area contributed by atoms with Gasteiger partial charge in [0.25, 0.3) is 0 Å². The van der Waals surface area contributed by atoms with Gasteiger partial charge in [0.2, 0.25) is 5.91 Å². The average Bonchev–Trinajstić information content (AvgIpc) is 3.26. The first-order valence-corrected chi connectivity index (χ1v) is 12.3. The highest BCUT2D eigenvalue weighted by molar-refractivity contribution is 5.76. The van der Waals surface area contributed by atoms with Gasteiger partial charge in [-0.15, -0.1) is 0 Å². The summed E-state index contributed by atoms with van der Waals surface area (Å²) in [4.78, 5) is 14.8. The molecular weight excluding hydrogens is 448 g/mol. The van der Waals surface area contributed by atoms with Gasteiger partial charge in [0.15, 0.2) is 0 Å². The monoisotopic (exact) mass is 486 g/mol. The van der Waals surface area contributed by atoms with Crippen LogP contribution in [-0.4, -0.2) is 72.6 Å². The number of benzene rings is 2. The Labute approximate surface area is 207 Å². The molecule has 35 heavy (non-hydrogen) atoms. The van der Waals surface area contributed by atoms with Crippen molar-refractivity contribution < 1.29 is 29.2 Å². The summed E-state index contributed by atoms with van der Waals surface area (Å²) in [6, 6.07) is 14.1. The molecule has 8 heteroatoms. The number of methoxy groups -OCH3 is 1.